The lowest BCUT2D eigenvalue weighted by Gasteiger charge is -2.12. The van der Waals surface area contributed by atoms with Crippen LogP contribution < -0.4 is 4.72 Å². The Morgan fingerprint density at radius 1 is 1.20 bits per heavy atom. The molecule has 0 amide bonds. The Morgan fingerprint density at radius 2 is 1.90 bits per heavy atom. The predicted molar refractivity (Wildman–Crippen MR) is 86.1 cm³/mol. The second kappa shape index (κ2) is 5.87. The summed E-state index contributed by atoms with van der Waals surface area (Å²) in [5.41, 5.74) is 0.876. The molecule has 0 spiro atoms. The van der Waals surface area contributed by atoms with E-state index in [1.54, 1.807) is 25.1 Å². The lowest BCUT2D eigenvalue weighted by molar-refractivity contribution is 0.594. The molecule has 0 atom stereocenters. The summed E-state index contributed by atoms with van der Waals surface area (Å²) in [6, 6.07) is 8.44. The van der Waals surface area contributed by atoms with Crippen molar-refractivity contribution in [1.29, 1.82) is 0 Å². The maximum atomic E-state index is 13.2. The molecule has 0 heterocycles. The molecule has 0 aliphatic carbocycles. The first-order valence-electron chi connectivity index (χ1n) is 5.53. The SMILES string of the molecule is Cc1ccc(F)cc1S(=O)(=O)Nc1ccc(Cl)cc1I. The number of anilines is 1. The van der Waals surface area contributed by atoms with Gasteiger partial charge in [0.1, 0.15) is 5.82 Å². The first-order valence-corrected chi connectivity index (χ1v) is 8.47. The summed E-state index contributed by atoms with van der Waals surface area (Å²) in [5.74, 6) is -0.596. The van der Waals surface area contributed by atoms with Gasteiger partial charge in [-0.1, -0.05) is 17.7 Å². The molecule has 2 aromatic carbocycles. The summed E-state index contributed by atoms with van der Waals surface area (Å²) in [6.45, 7) is 1.61. The van der Waals surface area contributed by atoms with Crippen molar-refractivity contribution in [2.24, 2.45) is 0 Å². The van der Waals surface area contributed by atoms with E-state index in [0.29, 0.717) is 19.8 Å². The summed E-state index contributed by atoms with van der Waals surface area (Å²) in [5, 5.41) is 0.513. The van der Waals surface area contributed by atoms with Crippen molar-refractivity contribution in [2.75, 3.05) is 4.72 Å². The first kappa shape index (κ1) is 15.5. The maximum absolute atomic E-state index is 13.2. The molecule has 106 valence electrons. The van der Waals surface area contributed by atoms with Gasteiger partial charge in [0.15, 0.2) is 0 Å². The van der Waals surface area contributed by atoms with Crippen molar-refractivity contribution in [1.82, 2.24) is 0 Å². The minimum atomic E-state index is -3.84. The van der Waals surface area contributed by atoms with Gasteiger partial charge in [-0.2, -0.15) is 0 Å². The summed E-state index contributed by atoms with van der Waals surface area (Å²) < 4.78 is 40.9. The van der Waals surface area contributed by atoms with Gasteiger partial charge in [0.2, 0.25) is 0 Å². The average molecular weight is 426 g/mol. The fourth-order valence-electron chi connectivity index (χ4n) is 1.64. The number of rotatable bonds is 3. The van der Waals surface area contributed by atoms with Gasteiger partial charge in [0.05, 0.1) is 10.6 Å². The number of hydrogen-bond donors (Lipinski definition) is 1. The van der Waals surface area contributed by atoms with Crippen LogP contribution in [0.25, 0.3) is 0 Å². The highest BCUT2D eigenvalue weighted by Crippen LogP contribution is 2.26. The van der Waals surface area contributed by atoms with E-state index in [9.17, 15) is 12.8 Å². The van der Waals surface area contributed by atoms with Gasteiger partial charge in [-0.05, 0) is 65.4 Å². The molecule has 3 nitrogen and oxygen atoms in total. The highest BCUT2D eigenvalue weighted by molar-refractivity contribution is 14.1. The molecule has 20 heavy (non-hydrogen) atoms. The van der Waals surface area contributed by atoms with Crippen LogP contribution in [-0.4, -0.2) is 8.42 Å². The van der Waals surface area contributed by atoms with Gasteiger partial charge >= 0.3 is 0 Å². The van der Waals surface area contributed by atoms with Gasteiger partial charge < -0.3 is 0 Å². The number of benzene rings is 2. The van der Waals surface area contributed by atoms with Crippen molar-refractivity contribution < 1.29 is 12.8 Å². The third kappa shape index (κ3) is 3.42. The molecular formula is C13H10ClFINO2S. The second-order valence-electron chi connectivity index (χ2n) is 4.14. The summed E-state index contributed by atoms with van der Waals surface area (Å²) >= 11 is 7.79. The molecular weight excluding hydrogens is 416 g/mol. The summed E-state index contributed by atoms with van der Waals surface area (Å²) in [7, 11) is -3.84. The van der Waals surface area contributed by atoms with Gasteiger partial charge in [0, 0.05) is 8.59 Å². The number of nitrogens with one attached hydrogen (secondary N) is 1. The Kier molecular flexibility index (Phi) is 4.55. The highest BCUT2D eigenvalue weighted by atomic mass is 127. The molecule has 0 aromatic heterocycles. The second-order valence-corrected chi connectivity index (χ2v) is 7.39. The third-order valence-electron chi connectivity index (χ3n) is 2.62. The quantitative estimate of drug-likeness (QED) is 0.750. The van der Waals surface area contributed by atoms with Crippen LogP contribution in [0.5, 0.6) is 0 Å². The molecule has 1 N–H and O–H groups in total. The largest absolute Gasteiger partial charge is 0.279 e. The van der Waals surface area contributed by atoms with E-state index in [4.69, 9.17) is 11.6 Å². The zero-order valence-electron chi connectivity index (χ0n) is 10.3. The molecule has 0 aliphatic rings. The topological polar surface area (TPSA) is 46.2 Å². The molecule has 2 rings (SSSR count). The van der Waals surface area contributed by atoms with Crippen LogP contribution in [0.4, 0.5) is 10.1 Å². The van der Waals surface area contributed by atoms with E-state index in [0.717, 1.165) is 6.07 Å². The standard InChI is InChI=1S/C13H10ClFINO2S/c1-8-2-4-10(15)7-13(8)20(18,19)17-12-5-3-9(14)6-11(12)16/h2-7,17H,1H3. The lowest BCUT2D eigenvalue weighted by Crippen LogP contribution is -2.15. The van der Waals surface area contributed by atoms with E-state index >= 15 is 0 Å². The Bertz CT molecular complexity index is 765. The van der Waals surface area contributed by atoms with Crippen molar-refractivity contribution in [2.45, 2.75) is 11.8 Å². The van der Waals surface area contributed by atoms with Crippen LogP contribution >= 0.6 is 34.2 Å². The monoisotopic (exact) mass is 425 g/mol. The van der Waals surface area contributed by atoms with Gasteiger partial charge in [0.25, 0.3) is 10.0 Å². The smallest absolute Gasteiger partial charge is 0.262 e. The van der Waals surface area contributed by atoms with Crippen molar-refractivity contribution >= 4 is 49.9 Å². The summed E-state index contributed by atoms with van der Waals surface area (Å²) in [6.07, 6.45) is 0. The molecule has 0 bridgehead atoms. The van der Waals surface area contributed by atoms with Crippen LogP contribution in [0.15, 0.2) is 41.3 Å². The molecule has 7 heteroatoms. The predicted octanol–water partition coefficient (Wildman–Crippen LogP) is 4.19. The van der Waals surface area contributed by atoms with Gasteiger partial charge in [-0.3, -0.25) is 4.72 Å². The minimum absolute atomic E-state index is 0.0803. The number of halogens is 3. The zero-order chi connectivity index (χ0) is 14.9. The molecule has 0 unspecified atom stereocenters. The normalized spacial score (nSPS) is 11.4. The average Bonchev–Trinajstić information content (AvgIpc) is 2.35. The van der Waals surface area contributed by atoms with E-state index in [2.05, 4.69) is 4.72 Å². The zero-order valence-corrected chi connectivity index (χ0v) is 14.1. The van der Waals surface area contributed by atoms with Gasteiger partial charge in [-0.25, -0.2) is 12.8 Å². The highest BCUT2D eigenvalue weighted by Gasteiger charge is 2.18. The number of sulfonamides is 1. The van der Waals surface area contributed by atoms with Crippen LogP contribution in [-0.2, 0) is 10.0 Å². The lowest BCUT2D eigenvalue weighted by atomic mass is 10.2. The Balaban J connectivity index is 2.43. The fourth-order valence-corrected chi connectivity index (χ4v) is 4.16. The molecule has 0 saturated carbocycles. The molecule has 0 radical (unpaired) electrons. The van der Waals surface area contributed by atoms with E-state index in [1.807, 2.05) is 22.6 Å². The minimum Gasteiger partial charge on any atom is -0.279 e. The van der Waals surface area contributed by atoms with Crippen molar-refractivity contribution in [3.63, 3.8) is 0 Å². The fraction of sp³-hybridized carbons (Fsp3) is 0.0769. The third-order valence-corrected chi connectivity index (χ3v) is 5.25. The maximum Gasteiger partial charge on any atom is 0.262 e. The van der Waals surface area contributed by atoms with Gasteiger partial charge in [-0.15, -0.1) is 0 Å². The Labute approximate surface area is 135 Å². The van der Waals surface area contributed by atoms with Crippen LogP contribution in [0.2, 0.25) is 5.02 Å². The molecule has 0 saturated heterocycles. The molecule has 0 aliphatic heterocycles. The Hall–Kier alpha value is -0.860. The number of hydrogen-bond acceptors (Lipinski definition) is 2. The van der Waals surface area contributed by atoms with Crippen molar-refractivity contribution in [3.8, 4) is 0 Å². The summed E-state index contributed by atoms with van der Waals surface area (Å²) in [4.78, 5) is -0.0803. The van der Waals surface area contributed by atoms with E-state index in [1.165, 1.54) is 12.1 Å². The Morgan fingerprint density at radius 3 is 2.55 bits per heavy atom. The van der Waals surface area contributed by atoms with Crippen LogP contribution in [0.1, 0.15) is 5.56 Å². The molecule has 0 fully saturated rings. The first-order chi connectivity index (χ1) is 9.29. The van der Waals surface area contributed by atoms with E-state index in [-0.39, 0.29) is 4.90 Å². The van der Waals surface area contributed by atoms with Crippen LogP contribution in [0.3, 0.4) is 0 Å². The van der Waals surface area contributed by atoms with Crippen LogP contribution in [0, 0.1) is 16.3 Å². The van der Waals surface area contributed by atoms with E-state index < -0.39 is 15.8 Å². The molecule has 2 aromatic rings. The van der Waals surface area contributed by atoms with Crippen molar-refractivity contribution in [3.05, 3.63) is 56.4 Å². The number of aryl methyl sites for hydroxylation is 1.